The lowest BCUT2D eigenvalue weighted by molar-refractivity contribution is 0.246. The van der Waals surface area contributed by atoms with Crippen molar-refractivity contribution in [3.05, 3.63) is 60.3 Å². The largest absolute Gasteiger partial charge is 0.378 e. The van der Waals surface area contributed by atoms with Crippen LogP contribution < -0.4 is 0 Å². The maximum absolute atomic E-state index is 3.96. The lowest BCUT2D eigenvalue weighted by atomic mass is 9.67. The number of benzene rings is 1. The molecule has 0 amide bonds. The Labute approximate surface area is 111 Å². The van der Waals surface area contributed by atoms with E-state index in [0.29, 0.717) is 6.04 Å². The van der Waals surface area contributed by atoms with E-state index in [1.165, 1.54) is 11.1 Å². The number of allylic oxidation sites excluding steroid dienone is 2. The predicted octanol–water partition coefficient (Wildman–Crippen LogP) is 4.13. The Morgan fingerprint density at radius 3 is 2.67 bits per heavy atom. The summed E-state index contributed by atoms with van der Waals surface area (Å²) in [5.41, 5.74) is 2.99. The second kappa shape index (κ2) is 5.01. The van der Waals surface area contributed by atoms with Crippen molar-refractivity contribution in [2.45, 2.75) is 38.1 Å². The second-order valence-corrected chi connectivity index (χ2v) is 5.47. The highest BCUT2D eigenvalue weighted by Gasteiger charge is 2.38. The molecule has 18 heavy (non-hydrogen) atoms. The zero-order chi connectivity index (χ0) is 13.2. The first-order valence-electron chi connectivity index (χ1n) is 6.67. The van der Waals surface area contributed by atoms with E-state index in [1.54, 1.807) is 0 Å². The fourth-order valence-corrected chi connectivity index (χ4v) is 3.08. The van der Waals surface area contributed by atoms with Gasteiger partial charge in [0.25, 0.3) is 0 Å². The molecule has 1 aromatic carbocycles. The lowest BCUT2D eigenvalue weighted by Crippen LogP contribution is -2.41. The standard InChI is InChI=1S/C17H23N/c1-5-11-17(16-9-7-6-8-10-16)12-15(3)18(4)13-14(17)2/h5-10,13,15H,1,11-12H2,2-4H3. The molecule has 0 aromatic heterocycles. The topological polar surface area (TPSA) is 3.24 Å². The molecule has 0 radical (unpaired) electrons. The van der Waals surface area contributed by atoms with Gasteiger partial charge < -0.3 is 4.90 Å². The van der Waals surface area contributed by atoms with Crippen molar-refractivity contribution in [1.29, 1.82) is 0 Å². The maximum Gasteiger partial charge on any atom is 0.0264 e. The van der Waals surface area contributed by atoms with Crippen LogP contribution in [0.25, 0.3) is 0 Å². The van der Waals surface area contributed by atoms with Gasteiger partial charge in [-0.05, 0) is 44.0 Å². The highest BCUT2D eigenvalue weighted by molar-refractivity contribution is 5.38. The average molecular weight is 241 g/mol. The number of hydrogen-bond acceptors (Lipinski definition) is 1. The minimum absolute atomic E-state index is 0.134. The molecule has 2 atom stereocenters. The van der Waals surface area contributed by atoms with E-state index in [1.807, 2.05) is 0 Å². The molecule has 0 fully saturated rings. The molecule has 1 aromatic rings. The molecule has 1 aliphatic heterocycles. The third kappa shape index (κ3) is 2.10. The normalized spacial score (nSPS) is 27.8. The Morgan fingerprint density at radius 1 is 1.39 bits per heavy atom. The highest BCUT2D eigenvalue weighted by atomic mass is 15.1. The van der Waals surface area contributed by atoms with Crippen LogP contribution >= 0.6 is 0 Å². The molecule has 0 aliphatic carbocycles. The minimum Gasteiger partial charge on any atom is -0.378 e. The van der Waals surface area contributed by atoms with E-state index in [0.717, 1.165) is 12.8 Å². The van der Waals surface area contributed by atoms with Crippen LogP contribution in [0.1, 0.15) is 32.3 Å². The Kier molecular flexibility index (Phi) is 3.60. The maximum atomic E-state index is 3.96. The summed E-state index contributed by atoms with van der Waals surface area (Å²) in [5, 5.41) is 0. The fourth-order valence-electron chi connectivity index (χ4n) is 3.08. The summed E-state index contributed by atoms with van der Waals surface area (Å²) in [6, 6.07) is 11.4. The number of rotatable bonds is 3. The molecule has 0 saturated carbocycles. The van der Waals surface area contributed by atoms with Crippen molar-refractivity contribution in [3.8, 4) is 0 Å². The van der Waals surface area contributed by atoms with Crippen LogP contribution in [0.4, 0.5) is 0 Å². The fraction of sp³-hybridized carbons (Fsp3) is 0.412. The van der Waals surface area contributed by atoms with Gasteiger partial charge in [-0.25, -0.2) is 0 Å². The van der Waals surface area contributed by atoms with Gasteiger partial charge in [0.15, 0.2) is 0 Å². The van der Waals surface area contributed by atoms with Crippen LogP contribution in [-0.2, 0) is 5.41 Å². The predicted molar refractivity (Wildman–Crippen MR) is 78.5 cm³/mol. The molecule has 96 valence electrons. The molecule has 0 N–H and O–H groups in total. The van der Waals surface area contributed by atoms with Crippen LogP contribution in [-0.4, -0.2) is 18.0 Å². The van der Waals surface area contributed by atoms with Gasteiger partial charge in [0.2, 0.25) is 0 Å². The van der Waals surface area contributed by atoms with Crippen LogP contribution in [0.5, 0.6) is 0 Å². The van der Waals surface area contributed by atoms with E-state index < -0.39 is 0 Å². The third-order valence-electron chi connectivity index (χ3n) is 4.31. The summed E-state index contributed by atoms with van der Waals surface area (Å²) in [6.07, 6.45) is 6.52. The van der Waals surface area contributed by atoms with Gasteiger partial charge in [-0.1, -0.05) is 36.4 Å². The van der Waals surface area contributed by atoms with Crippen molar-refractivity contribution in [1.82, 2.24) is 4.90 Å². The molecule has 1 nitrogen and oxygen atoms in total. The van der Waals surface area contributed by atoms with Crippen molar-refractivity contribution in [3.63, 3.8) is 0 Å². The molecule has 2 rings (SSSR count). The van der Waals surface area contributed by atoms with Gasteiger partial charge >= 0.3 is 0 Å². The molecule has 1 aliphatic rings. The summed E-state index contributed by atoms with van der Waals surface area (Å²) < 4.78 is 0. The van der Waals surface area contributed by atoms with Gasteiger partial charge in [-0.15, -0.1) is 6.58 Å². The number of nitrogens with zero attached hydrogens (tertiary/aromatic N) is 1. The first kappa shape index (κ1) is 12.9. The van der Waals surface area contributed by atoms with Crippen molar-refractivity contribution in [2.75, 3.05) is 7.05 Å². The quantitative estimate of drug-likeness (QED) is 0.719. The SMILES string of the molecule is C=CCC1(c2ccccc2)CC(C)N(C)C=C1C. The summed E-state index contributed by atoms with van der Waals surface area (Å²) in [5.74, 6) is 0. The summed E-state index contributed by atoms with van der Waals surface area (Å²) in [4.78, 5) is 2.32. The third-order valence-corrected chi connectivity index (χ3v) is 4.31. The molecular weight excluding hydrogens is 218 g/mol. The van der Waals surface area contributed by atoms with E-state index in [-0.39, 0.29) is 5.41 Å². The van der Waals surface area contributed by atoms with E-state index in [2.05, 4.69) is 75.0 Å². The monoisotopic (exact) mass is 241 g/mol. The van der Waals surface area contributed by atoms with Gasteiger partial charge in [0.05, 0.1) is 0 Å². The number of hydrogen-bond donors (Lipinski definition) is 0. The smallest absolute Gasteiger partial charge is 0.0264 e. The zero-order valence-corrected chi connectivity index (χ0v) is 11.7. The van der Waals surface area contributed by atoms with Gasteiger partial charge in [0, 0.05) is 18.5 Å². The molecule has 1 heteroatoms. The highest BCUT2D eigenvalue weighted by Crippen LogP contribution is 2.43. The molecule has 1 heterocycles. The summed E-state index contributed by atoms with van der Waals surface area (Å²) in [6.45, 7) is 8.51. The zero-order valence-electron chi connectivity index (χ0n) is 11.7. The van der Waals surface area contributed by atoms with E-state index in [4.69, 9.17) is 0 Å². The van der Waals surface area contributed by atoms with Crippen molar-refractivity contribution < 1.29 is 0 Å². The van der Waals surface area contributed by atoms with E-state index in [9.17, 15) is 0 Å². The van der Waals surface area contributed by atoms with E-state index >= 15 is 0 Å². The Bertz CT molecular complexity index is 446. The van der Waals surface area contributed by atoms with Crippen LogP contribution in [0.2, 0.25) is 0 Å². The first-order valence-corrected chi connectivity index (χ1v) is 6.67. The van der Waals surface area contributed by atoms with Crippen LogP contribution in [0.15, 0.2) is 54.8 Å². The molecule has 2 unspecified atom stereocenters. The molecule has 0 spiro atoms. The van der Waals surface area contributed by atoms with Crippen LogP contribution in [0.3, 0.4) is 0 Å². The summed E-state index contributed by atoms with van der Waals surface area (Å²) in [7, 11) is 2.16. The molecule has 0 bridgehead atoms. The Balaban J connectivity index is 2.51. The van der Waals surface area contributed by atoms with Gasteiger partial charge in [0.1, 0.15) is 0 Å². The first-order chi connectivity index (χ1) is 8.60. The Morgan fingerprint density at radius 2 is 2.06 bits per heavy atom. The second-order valence-electron chi connectivity index (χ2n) is 5.47. The van der Waals surface area contributed by atoms with Crippen molar-refractivity contribution in [2.24, 2.45) is 0 Å². The molecule has 0 saturated heterocycles. The van der Waals surface area contributed by atoms with Gasteiger partial charge in [-0.3, -0.25) is 0 Å². The molecular formula is C17H23N. The Hall–Kier alpha value is -1.50. The van der Waals surface area contributed by atoms with Crippen LogP contribution in [0, 0.1) is 0 Å². The van der Waals surface area contributed by atoms with Gasteiger partial charge in [-0.2, -0.15) is 0 Å². The minimum atomic E-state index is 0.134. The summed E-state index contributed by atoms with van der Waals surface area (Å²) >= 11 is 0. The lowest BCUT2D eigenvalue weighted by Gasteiger charge is -2.44. The average Bonchev–Trinajstić information content (AvgIpc) is 2.37. The van der Waals surface area contributed by atoms with Crippen molar-refractivity contribution >= 4 is 0 Å².